The first-order chi connectivity index (χ1) is 6.06. The Kier molecular flexibility index (Phi) is 3.07. The molecule has 1 aliphatic rings. The van der Waals surface area contributed by atoms with E-state index in [0.29, 0.717) is 0 Å². The van der Waals surface area contributed by atoms with Gasteiger partial charge in [0.1, 0.15) is 12.4 Å². The summed E-state index contributed by atoms with van der Waals surface area (Å²) in [5.41, 5.74) is 0. The molecule has 0 spiro atoms. The number of rotatable bonds is 2. The molecular weight excluding hydrogens is 168 g/mol. The third-order valence-corrected chi connectivity index (χ3v) is 2.67. The van der Waals surface area contributed by atoms with Crippen molar-refractivity contribution in [1.29, 1.82) is 0 Å². The first-order valence-electron chi connectivity index (χ1n) is 4.72. The minimum atomic E-state index is -0.221. The molecule has 0 N–H and O–H groups in total. The number of aldehydes is 1. The molecule has 0 unspecified atom stereocenters. The van der Waals surface area contributed by atoms with Gasteiger partial charge < -0.3 is 9.53 Å². The van der Waals surface area contributed by atoms with Crippen molar-refractivity contribution >= 4 is 12.3 Å². The maximum absolute atomic E-state index is 11.2. The maximum Gasteiger partial charge on any atom is 0.308 e. The molecule has 74 valence electrons. The molecule has 0 amide bonds. The first kappa shape index (κ1) is 10.2. The zero-order chi connectivity index (χ0) is 10.0. The number of carbonyl (C=O) groups excluding carboxylic acids is 2. The van der Waals surface area contributed by atoms with Crippen LogP contribution in [0.3, 0.4) is 0 Å². The Hall–Kier alpha value is -0.860. The van der Waals surface area contributed by atoms with Gasteiger partial charge in [-0.1, -0.05) is 20.8 Å². The van der Waals surface area contributed by atoms with Gasteiger partial charge in [0.15, 0.2) is 0 Å². The summed E-state index contributed by atoms with van der Waals surface area (Å²) in [7, 11) is 0. The molecule has 13 heavy (non-hydrogen) atoms. The van der Waals surface area contributed by atoms with Gasteiger partial charge in [0.25, 0.3) is 0 Å². The van der Waals surface area contributed by atoms with Crippen molar-refractivity contribution in [2.24, 2.45) is 17.8 Å². The quantitative estimate of drug-likeness (QED) is 0.481. The topological polar surface area (TPSA) is 43.4 Å². The summed E-state index contributed by atoms with van der Waals surface area (Å²) in [6.07, 6.45) is 1.45. The Balaban J connectivity index is 2.66. The lowest BCUT2D eigenvalue weighted by molar-refractivity contribution is -0.168. The van der Waals surface area contributed by atoms with Crippen LogP contribution in [0.4, 0.5) is 0 Å². The zero-order valence-corrected chi connectivity index (χ0v) is 8.32. The molecule has 0 saturated carbocycles. The Morgan fingerprint density at radius 1 is 1.54 bits per heavy atom. The lowest BCUT2D eigenvalue weighted by Gasteiger charge is -2.33. The van der Waals surface area contributed by atoms with E-state index in [1.54, 1.807) is 6.92 Å². The first-order valence-corrected chi connectivity index (χ1v) is 4.72. The summed E-state index contributed by atoms with van der Waals surface area (Å²) < 4.78 is 5.19. The van der Waals surface area contributed by atoms with E-state index in [9.17, 15) is 9.59 Å². The molecule has 0 aromatic heterocycles. The highest BCUT2D eigenvalue weighted by atomic mass is 16.5. The second kappa shape index (κ2) is 3.90. The predicted molar refractivity (Wildman–Crippen MR) is 48.1 cm³/mol. The number of carbonyl (C=O) groups is 2. The molecule has 0 radical (unpaired) electrons. The zero-order valence-electron chi connectivity index (χ0n) is 8.32. The van der Waals surface area contributed by atoms with E-state index >= 15 is 0 Å². The SMILES string of the molecule is C[C@@H]1C[C@H](C)[C@H]([C@H](C)C=O)OC1=O. The van der Waals surface area contributed by atoms with Gasteiger partial charge in [0.2, 0.25) is 0 Å². The van der Waals surface area contributed by atoms with Crippen molar-refractivity contribution in [2.45, 2.75) is 33.3 Å². The number of ether oxygens (including phenoxy) is 1. The Labute approximate surface area is 78.5 Å². The second-order valence-electron chi connectivity index (χ2n) is 4.01. The monoisotopic (exact) mass is 184 g/mol. The van der Waals surface area contributed by atoms with Gasteiger partial charge in [-0.25, -0.2) is 0 Å². The third-order valence-electron chi connectivity index (χ3n) is 2.67. The summed E-state index contributed by atoms with van der Waals surface area (Å²) in [5.74, 6) is -0.0961. The highest BCUT2D eigenvalue weighted by Gasteiger charge is 2.35. The van der Waals surface area contributed by atoms with Crippen LogP contribution in [0.5, 0.6) is 0 Å². The van der Waals surface area contributed by atoms with Crippen LogP contribution < -0.4 is 0 Å². The lowest BCUT2D eigenvalue weighted by atomic mass is 9.84. The Morgan fingerprint density at radius 3 is 2.69 bits per heavy atom. The highest BCUT2D eigenvalue weighted by Crippen LogP contribution is 2.29. The average molecular weight is 184 g/mol. The van der Waals surface area contributed by atoms with E-state index in [0.717, 1.165) is 12.7 Å². The summed E-state index contributed by atoms with van der Waals surface area (Å²) in [5, 5.41) is 0. The molecule has 1 heterocycles. The van der Waals surface area contributed by atoms with Crippen LogP contribution in [0.1, 0.15) is 27.2 Å². The van der Waals surface area contributed by atoms with Crippen molar-refractivity contribution < 1.29 is 14.3 Å². The van der Waals surface area contributed by atoms with E-state index < -0.39 is 0 Å². The molecule has 0 bridgehead atoms. The standard InChI is InChI=1S/C10H16O3/c1-6-4-7(2)10(12)13-9(6)8(3)5-11/h5-9H,4H2,1-3H3/t6-,7+,8+,9+/m0/s1. The molecule has 3 nitrogen and oxygen atoms in total. The van der Waals surface area contributed by atoms with Crippen molar-refractivity contribution in [3.8, 4) is 0 Å². The minimum Gasteiger partial charge on any atom is -0.461 e. The van der Waals surface area contributed by atoms with Crippen molar-refractivity contribution in [1.82, 2.24) is 0 Å². The maximum atomic E-state index is 11.2. The summed E-state index contributed by atoms with van der Waals surface area (Å²) >= 11 is 0. The van der Waals surface area contributed by atoms with Crippen LogP contribution in [0, 0.1) is 17.8 Å². The van der Waals surface area contributed by atoms with Crippen molar-refractivity contribution in [2.75, 3.05) is 0 Å². The summed E-state index contributed by atoms with van der Waals surface area (Å²) in [4.78, 5) is 21.8. The second-order valence-corrected chi connectivity index (χ2v) is 4.01. The average Bonchev–Trinajstić information content (AvgIpc) is 2.10. The van der Waals surface area contributed by atoms with Gasteiger partial charge in [-0.2, -0.15) is 0 Å². The highest BCUT2D eigenvalue weighted by molar-refractivity contribution is 5.73. The Morgan fingerprint density at radius 2 is 2.15 bits per heavy atom. The number of esters is 1. The molecule has 0 aromatic rings. The van der Waals surface area contributed by atoms with Crippen molar-refractivity contribution in [3.05, 3.63) is 0 Å². The van der Waals surface area contributed by atoms with Crippen molar-refractivity contribution in [3.63, 3.8) is 0 Å². The largest absolute Gasteiger partial charge is 0.461 e. The molecule has 1 rings (SSSR count). The van der Waals surface area contributed by atoms with Crippen LogP contribution in [-0.4, -0.2) is 18.4 Å². The number of cyclic esters (lactones) is 1. The van der Waals surface area contributed by atoms with Gasteiger partial charge in [-0.15, -0.1) is 0 Å². The normalized spacial score (nSPS) is 36.5. The smallest absolute Gasteiger partial charge is 0.308 e. The fourth-order valence-electron chi connectivity index (χ4n) is 1.86. The molecule has 1 fully saturated rings. The number of hydrogen-bond acceptors (Lipinski definition) is 3. The van der Waals surface area contributed by atoms with Gasteiger partial charge in [0.05, 0.1) is 5.92 Å². The molecular formula is C10H16O3. The fourth-order valence-corrected chi connectivity index (χ4v) is 1.86. The molecule has 0 aromatic carbocycles. The van der Waals surface area contributed by atoms with Crippen LogP contribution in [0.25, 0.3) is 0 Å². The summed E-state index contributed by atoms with van der Waals surface area (Å²) in [6.45, 7) is 5.67. The fraction of sp³-hybridized carbons (Fsp3) is 0.800. The molecule has 4 atom stereocenters. The molecule has 0 aliphatic carbocycles. The van der Waals surface area contributed by atoms with Gasteiger partial charge in [-0.05, 0) is 12.3 Å². The molecule has 3 heteroatoms. The van der Waals surface area contributed by atoms with E-state index in [2.05, 4.69) is 0 Å². The third kappa shape index (κ3) is 2.08. The van der Waals surface area contributed by atoms with Crippen LogP contribution in [0.2, 0.25) is 0 Å². The van der Waals surface area contributed by atoms with E-state index in [1.807, 2.05) is 13.8 Å². The number of hydrogen-bond donors (Lipinski definition) is 0. The minimum absolute atomic E-state index is 0.0231. The predicted octanol–water partition coefficient (Wildman–Crippen LogP) is 1.41. The molecule has 1 saturated heterocycles. The molecule has 1 aliphatic heterocycles. The van der Waals surface area contributed by atoms with Gasteiger partial charge >= 0.3 is 5.97 Å². The van der Waals surface area contributed by atoms with Crippen LogP contribution in [0.15, 0.2) is 0 Å². The summed E-state index contributed by atoms with van der Waals surface area (Å²) in [6, 6.07) is 0. The van der Waals surface area contributed by atoms with E-state index in [-0.39, 0.29) is 29.8 Å². The Bertz CT molecular complexity index is 212. The van der Waals surface area contributed by atoms with Gasteiger partial charge in [-0.3, -0.25) is 4.79 Å². The van der Waals surface area contributed by atoms with Crippen LogP contribution in [-0.2, 0) is 14.3 Å². The van der Waals surface area contributed by atoms with E-state index in [4.69, 9.17) is 4.74 Å². The van der Waals surface area contributed by atoms with Gasteiger partial charge in [0, 0.05) is 5.92 Å². The van der Waals surface area contributed by atoms with Crippen LogP contribution >= 0.6 is 0 Å². The lowest BCUT2D eigenvalue weighted by Crippen LogP contribution is -2.40. The van der Waals surface area contributed by atoms with E-state index in [1.165, 1.54) is 0 Å².